The van der Waals surface area contributed by atoms with Crippen molar-refractivity contribution in [3.05, 3.63) is 0 Å². The molecule has 154 valence electrons. The lowest BCUT2D eigenvalue weighted by Crippen LogP contribution is -2.47. The smallest absolute Gasteiger partial charge is 0.364 e. The van der Waals surface area contributed by atoms with Gasteiger partial charge in [-0.15, -0.1) is 0 Å². The van der Waals surface area contributed by atoms with Crippen LogP contribution in [0.25, 0.3) is 0 Å². The fourth-order valence-corrected chi connectivity index (χ4v) is 3.02. The third-order valence-electron chi connectivity index (χ3n) is 4.94. The molecule has 0 radical (unpaired) electrons. The highest BCUT2D eigenvalue weighted by Gasteiger charge is 2.46. The van der Waals surface area contributed by atoms with Gasteiger partial charge in [0.2, 0.25) is 0 Å². The summed E-state index contributed by atoms with van der Waals surface area (Å²) in [6.45, 7) is 16.2. The number of hydrogen-bond donors (Lipinski definition) is 0. The Morgan fingerprint density at radius 1 is 0.880 bits per heavy atom. The van der Waals surface area contributed by atoms with Crippen LogP contribution in [0.4, 0.5) is 13.2 Å². The average molecular weight is 392 g/mol. The van der Waals surface area contributed by atoms with E-state index in [0.717, 1.165) is 19.3 Å². The molecule has 4 nitrogen and oxygen atoms in total. The molecule has 0 rings (SSSR count). The molecule has 8 heteroatoms. The number of alkyl halides is 3. The van der Waals surface area contributed by atoms with Gasteiger partial charge in [0.05, 0.1) is 26.2 Å². The van der Waals surface area contributed by atoms with Crippen LogP contribution >= 0.6 is 0 Å². The zero-order chi connectivity index (χ0) is 20.1. The molecule has 0 aromatic rings. The molecule has 0 heterocycles. The van der Waals surface area contributed by atoms with Gasteiger partial charge in [-0.3, -0.25) is 0 Å². The quantitative estimate of drug-likeness (QED) is 0.275. The van der Waals surface area contributed by atoms with Crippen molar-refractivity contribution >= 4 is 10.1 Å². The first-order valence-electron chi connectivity index (χ1n) is 9.30. The highest BCUT2D eigenvalue weighted by atomic mass is 32.2. The van der Waals surface area contributed by atoms with Crippen LogP contribution in [-0.2, 0) is 10.1 Å². The molecule has 0 aliphatic rings. The number of quaternary nitrogens is 1. The predicted molar refractivity (Wildman–Crippen MR) is 95.3 cm³/mol. The van der Waals surface area contributed by atoms with Crippen LogP contribution in [0.5, 0.6) is 0 Å². The second-order valence-corrected chi connectivity index (χ2v) is 7.75. The van der Waals surface area contributed by atoms with Crippen molar-refractivity contribution in [2.45, 2.75) is 84.6 Å². The predicted octanol–water partition coefficient (Wildman–Crippen LogP) is 4.71. The third kappa shape index (κ3) is 9.80. The second kappa shape index (κ2) is 12.9. The van der Waals surface area contributed by atoms with Crippen molar-refractivity contribution in [1.29, 1.82) is 0 Å². The first kappa shape index (κ1) is 26.9. The van der Waals surface area contributed by atoms with Gasteiger partial charge in [-0.05, 0) is 34.1 Å². The van der Waals surface area contributed by atoms with Crippen molar-refractivity contribution in [3.63, 3.8) is 0 Å². The lowest BCUT2D eigenvalue weighted by molar-refractivity contribution is -0.921. The maximum absolute atomic E-state index is 12.9. The zero-order valence-corrected chi connectivity index (χ0v) is 17.2. The van der Waals surface area contributed by atoms with Gasteiger partial charge in [-0.2, -0.15) is 8.78 Å². The minimum atomic E-state index is -5.91. The fraction of sp³-hybridized carbons (Fsp3) is 1.00. The molecule has 0 saturated heterocycles. The van der Waals surface area contributed by atoms with Gasteiger partial charge in [0.1, 0.15) is 0 Å². The summed E-state index contributed by atoms with van der Waals surface area (Å²) in [6.07, 6.45) is -0.110. The Morgan fingerprint density at radius 3 is 1.56 bits per heavy atom. The lowest BCUT2D eigenvalue weighted by Gasteiger charge is -2.34. The number of unbranched alkanes of at least 4 members (excludes halogenated alkanes) is 4. The molecule has 0 fully saturated rings. The van der Waals surface area contributed by atoms with Gasteiger partial charge >= 0.3 is 5.25 Å². The first-order chi connectivity index (χ1) is 11.5. The molecule has 0 spiro atoms. The summed E-state index contributed by atoms with van der Waals surface area (Å²) >= 11 is 0. The summed E-state index contributed by atoms with van der Waals surface area (Å²) in [6, 6.07) is 0. The second-order valence-electron chi connectivity index (χ2n) is 6.29. The average Bonchev–Trinajstić information content (AvgIpc) is 2.56. The number of nitrogens with zero attached hydrogens (tertiary/aromatic N) is 1. The molecule has 0 amide bonds. The monoisotopic (exact) mass is 391 g/mol. The Bertz CT molecular complexity index is 409. The molecular formula is C17H36F3NO3S. The van der Waals surface area contributed by atoms with E-state index in [1.54, 1.807) is 0 Å². The van der Waals surface area contributed by atoms with E-state index in [1.165, 1.54) is 30.7 Å². The van der Waals surface area contributed by atoms with Crippen LogP contribution < -0.4 is 0 Å². The van der Waals surface area contributed by atoms with Crippen LogP contribution in [0, 0.1) is 0 Å². The Kier molecular flexibility index (Phi) is 13.9. The van der Waals surface area contributed by atoms with Crippen LogP contribution in [0.15, 0.2) is 0 Å². The van der Waals surface area contributed by atoms with Crippen molar-refractivity contribution in [2.75, 3.05) is 26.2 Å². The van der Waals surface area contributed by atoms with E-state index in [4.69, 9.17) is 0 Å². The van der Waals surface area contributed by atoms with Crippen LogP contribution in [0.2, 0.25) is 0 Å². The summed E-state index contributed by atoms with van der Waals surface area (Å²) in [4.78, 5) is 0. The standard InChI is InChI=1S/C9H17F3O3S.C8H20N/c1-2-3-4-5-6-7-8(10)9(11,12)16(13,14)15;1-5-9(6-2,7-3)8-4/h8H,2-7H2,1H3,(H,13,14,15);5-8H2,1-4H3/q;+1/p-1. The molecule has 0 aromatic carbocycles. The van der Waals surface area contributed by atoms with Crippen LogP contribution in [0.1, 0.15) is 73.1 Å². The highest BCUT2D eigenvalue weighted by Crippen LogP contribution is 2.30. The Labute approximate surface area is 152 Å². The van der Waals surface area contributed by atoms with E-state index in [9.17, 15) is 26.1 Å². The van der Waals surface area contributed by atoms with Crippen molar-refractivity contribution < 1.29 is 30.6 Å². The topological polar surface area (TPSA) is 57.2 Å². The Morgan fingerprint density at radius 2 is 1.28 bits per heavy atom. The summed E-state index contributed by atoms with van der Waals surface area (Å²) < 4.78 is 69.6. The Balaban J connectivity index is 0. The van der Waals surface area contributed by atoms with E-state index in [0.29, 0.717) is 6.42 Å². The molecule has 1 unspecified atom stereocenters. The summed E-state index contributed by atoms with van der Waals surface area (Å²) in [7, 11) is -5.91. The summed E-state index contributed by atoms with van der Waals surface area (Å²) in [5.41, 5.74) is 0. The molecule has 0 aromatic heterocycles. The molecule has 1 atom stereocenters. The van der Waals surface area contributed by atoms with E-state index in [2.05, 4.69) is 27.7 Å². The van der Waals surface area contributed by atoms with Crippen molar-refractivity contribution in [1.82, 2.24) is 0 Å². The summed E-state index contributed by atoms with van der Waals surface area (Å²) in [5, 5.41) is -4.81. The SMILES string of the molecule is CCCCCCCC(F)C(F)(F)S(=O)(=O)[O-].CC[N+](CC)(CC)CC. The van der Waals surface area contributed by atoms with E-state index < -0.39 is 28.0 Å². The zero-order valence-electron chi connectivity index (χ0n) is 16.4. The fourth-order valence-electron chi connectivity index (χ4n) is 2.59. The molecule has 0 aliphatic carbocycles. The molecule has 25 heavy (non-hydrogen) atoms. The van der Waals surface area contributed by atoms with E-state index in [-0.39, 0.29) is 6.42 Å². The number of rotatable bonds is 12. The normalized spacial score (nSPS) is 14.0. The van der Waals surface area contributed by atoms with Crippen LogP contribution in [-0.4, -0.2) is 55.1 Å². The molecular weight excluding hydrogens is 355 g/mol. The lowest BCUT2D eigenvalue weighted by atomic mass is 10.1. The number of halogens is 3. The van der Waals surface area contributed by atoms with Gasteiger partial charge in [0.15, 0.2) is 16.3 Å². The van der Waals surface area contributed by atoms with Crippen molar-refractivity contribution in [2.24, 2.45) is 0 Å². The number of hydrogen-bond acceptors (Lipinski definition) is 3. The van der Waals surface area contributed by atoms with Gasteiger partial charge in [-0.25, -0.2) is 12.8 Å². The van der Waals surface area contributed by atoms with E-state index in [1.807, 2.05) is 6.92 Å². The molecule has 0 N–H and O–H groups in total. The van der Waals surface area contributed by atoms with E-state index >= 15 is 0 Å². The molecule has 0 aliphatic heterocycles. The van der Waals surface area contributed by atoms with Crippen LogP contribution in [0.3, 0.4) is 0 Å². The van der Waals surface area contributed by atoms with Gasteiger partial charge in [0, 0.05) is 0 Å². The third-order valence-corrected chi connectivity index (χ3v) is 5.86. The highest BCUT2D eigenvalue weighted by molar-refractivity contribution is 7.86. The maximum atomic E-state index is 12.9. The maximum Gasteiger partial charge on any atom is 0.364 e. The largest absolute Gasteiger partial charge is 0.743 e. The molecule has 0 bridgehead atoms. The van der Waals surface area contributed by atoms with Gasteiger partial charge in [-0.1, -0.05) is 39.0 Å². The van der Waals surface area contributed by atoms with Gasteiger partial charge in [0.25, 0.3) is 0 Å². The minimum absolute atomic E-state index is 0.159. The first-order valence-corrected chi connectivity index (χ1v) is 10.7. The minimum Gasteiger partial charge on any atom is -0.743 e. The summed E-state index contributed by atoms with van der Waals surface area (Å²) in [5.74, 6) is 0. The molecule has 0 saturated carbocycles. The van der Waals surface area contributed by atoms with Crippen molar-refractivity contribution in [3.8, 4) is 0 Å². The Hall–Kier alpha value is -0.340. The van der Waals surface area contributed by atoms with Gasteiger partial charge < -0.3 is 9.04 Å².